The highest BCUT2D eigenvalue weighted by Crippen LogP contribution is 2.34. The molecule has 2 aromatic heterocycles. The second-order valence-corrected chi connectivity index (χ2v) is 9.74. The molecule has 0 aliphatic carbocycles. The lowest BCUT2D eigenvalue weighted by Gasteiger charge is -2.27. The Bertz CT molecular complexity index is 1450. The molecule has 1 aliphatic rings. The van der Waals surface area contributed by atoms with Crippen LogP contribution < -0.4 is 10.2 Å². The molecule has 0 atom stereocenters. The summed E-state index contributed by atoms with van der Waals surface area (Å²) in [6.45, 7) is 11.4. The van der Waals surface area contributed by atoms with E-state index >= 15 is 0 Å². The quantitative estimate of drug-likeness (QED) is 0.432. The van der Waals surface area contributed by atoms with Crippen LogP contribution in [-0.2, 0) is 9.59 Å². The van der Waals surface area contributed by atoms with Crippen molar-refractivity contribution in [2.75, 3.05) is 4.90 Å². The van der Waals surface area contributed by atoms with E-state index in [1.807, 2.05) is 58.2 Å². The third-order valence-electron chi connectivity index (χ3n) is 6.02. The SMILES string of the molecule is Cc1cc(C)cc(N2C(=O)NC(=O)C(=Cc3cc(C)n(-c4sc(C)c(C)c4C#N)c3C)C2=O)c1. The number of anilines is 1. The molecule has 172 valence electrons. The van der Waals surface area contributed by atoms with E-state index in [4.69, 9.17) is 0 Å². The monoisotopic (exact) mass is 472 g/mol. The Hall–Kier alpha value is -3.96. The normalized spacial score (nSPS) is 15.1. The summed E-state index contributed by atoms with van der Waals surface area (Å²) in [7, 11) is 0. The van der Waals surface area contributed by atoms with Gasteiger partial charge in [-0.15, -0.1) is 11.3 Å². The van der Waals surface area contributed by atoms with Crippen molar-refractivity contribution in [3.8, 4) is 11.1 Å². The zero-order chi connectivity index (χ0) is 24.9. The molecule has 34 heavy (non-hydrogen) atoms. The van der Waals surface area contributed by atoms with E-state index in [9.17, 15) is 19.6 Å². The Labute approximate surface area is 201 Å². The summed E-state index contributed by atoms with van der Waals surface area (Å²) in [5.74, 6) is -1.41. The minimum atomic E-state index is -0.772. The van der Waals surface area contributed by atoms with Crippen LogP contribution in [0.5, 0.6) is 0 Å². The van der Waals surface area contributed by atoms with Crippen molar-refractivity contribution >= 4 is 40.9 Å². The molecule has 3 heterocycles. The molecule has 8 heteroatoms. The molecule has 0 saturated carbocycles. The fraction of sp³-hybridized carbons (Fsp3) is 0.231. The third kappa shape index (κ3) is 3.74. The van der Waals surface area contributed by atoms with Gasteiger partial charge in [-0.3, -0.25) is 14.9 Å². The molecule has 1 saturated heterocycles. The molecular weight excluding hydrogens is 448 g/mol. The van der Waals surface area contributed by atoms with Crippen LogP contribution in [0.1, 0.15) is 44.1 Å². The number of barbiturate groups is 1. The topological polar surface area (TPSA) is 95.2 Å². The molecule has 0 bridgehead atoms. The average Bonchev–Trinajstić information content (AvgIpc) is 3.18. The van der Waals surface area contributed by atoms with Gasteiger partial charge >= 0.3 is 6.03 Å². The number of imide groups is 2. The first-order valence-corrected chi connectivity index (χ1v) is 11.5. The lowest BCUT2D eigenvalue weighted by Crippen LogP contribution is -2.54. The van der Waals surface area contributed by atoms with E-state index < -0.39 is 17.8 Å². The molecule has 3 aromatic rings. The lowest BCUT2D eigenvalue weighted by molar-refractivity contribution is -0.122. The number of urea groups is 1. The van der Waals surface area contributed by atoms with Gasteiger partial charge in [-0.2, -0.15) is 5.26 Å². The van der Waals surface area contributed by atoms with Crippen LogP contribution in [0.3, 0.4) is 0 Å². The standard InChI is InChI=1S/C26H24N4O3S/c1-13-7-14(2)9-20(8-13)30-24(32)21(23(31)28-26(30)33)11-19-10-15(3)29(17(19)5)25-22(12-27)16(4)18(6)34-25/h7-11H,1-6H3,(H,28,31,33). The Morgan fingerprint density at radius 1 is 0.971 bits per heavy atom. The Morgan fingerprint density at radius 3 is 2.24 bits per heavy atom. The number of hydrogen-bond donors (Lipinski definition) is 1. The maximum absolute atomic E-state index is 13.3. The molecule has 1 aliphatic heterocycles. The van der Waals surface area contributed by atoms with E-state index in [0.717, 1.165) is 42.9 Å². The van der Waals surface area contributed by atoms with Crippen molar-refractivity contribution < 1.29 is 14.4 Å². The van der Waals surface area contributed by atoms with Crippen LogP contribution in [-0.4, -0.2) is 22.4 Å². The second-order valence-electron chi connectivity index (χ2n) is 8.54. The van der Waals surface area contributed by atoms with E-state index in [0.29, 0.717) is 16.8 Å². The summed E-state index contributed by atoms with van der Waals surface area (Å²) in [5.41, 5.74) is 5.96. The van der Waals surface area contributed by atoms with Crippen LogP contribution >= 0.6 is 11.3 Å². The fourth-order valence-electron chi connectivity index (χ4n) is 4.27. The zero-order valence-electron chi connectivity index (χ0n) is 19.9. The van der Waals surface area contributed by atoms with Gasteiger partial charge in [0.25, 0.3) is 11.8 Å². The Kier molecular flexibility index (Phi) is 5.75. The van der Waals surface area contributed by atoms with Crippen LogP contribution in [0.25, 0.3) is 11.1 Å². The molecule has 4 rings (SSSR count). The van der Waals surface area contributed by atoms with Crippen molar-refractivity contribution in [3.63, 3.8) is 0 Å². The van der Waals surface area contributed by atoms with Gasteiger partial charge in [0.05, 0.1) is 11.3 Å². The fourth-order valence-corrected chi connectivity index (χ4v) is 5.49. The smallest absolute Gasteiger partial charge is 0.308 e. The number of hydrogen-bond acceptors (Lipinski definition) is 5. The van der Waals surface area contributed by atoms with Gasteiger partial charge in [-0.25, -0.2) is 9.69 Å². The summed E-state index contributed by atoms with van der Waals surface area (Å²) in [5, 5.41) is 12.8. The molecule has 0 radical (unpaired) electrons. The highest BCUT2D eigenvalue weighted by atomic mass is 32.1. The average molecular weight is 473 g/mol. The molecule has 4 amide bonds. The van der Waals surface area contributed by atoms with Gasteiger partial charge < -0.3 is 4.57 Å². The predicted molar refractivity (Wildman–Crippen MR) is 132 cm³/mol. The molecule has 7 nitrogen and oxygen atoms in total. The van der Waals surface area contributed by atoms with Crippen molar-refractivity contribution in [3.05, 3.63) is 73.9 Å². The first kappa shape index (κ1) is 23.2. The predicted octanol–water partition coefficient (Wildman–Crippen LogP) is 4.93. The number of aryl methyl sites for hydroxylation is 4. The number of aromatic nitrogens is 1. The Balaban J connectivity index is 1.81. The molecular formula is C26H24N4O3S. The number of carbonyl (C=O) groups is 3. The van der Waals surface area contributed by atoms with Gasteiger partial charge in [0, 0.05) is 16.3 Å². The van der Waals surface area contributed by atoms with Crippen molar-refractivity contribution in [1.29, 1.82) is 5.26 Å². The summed E-state index contributed by atoms with van der Waals surface area (Å²) >= 11 is 1.53. The highest BCUT2D eigenvalue weighted by molar-refractivity contribution is 7.14. The lowest BCUT2D eigenvalue weighted by atomic mass is 10.1. The number of nitrogens with zero attached hydrogens (tertiary/aromatic N) is 3. The van der Waals surface area contributed by atoms with E-state index in [1.165, 1.54) is 17.4 Å². The number of amides is 4. The minimum absolute atomic E-state index is 0.127. The van der Waals surface area contributed by atoms with E-state index in [-0.39, 0.29) is 5.57 Å². The second kappa shape index (κ2) is 8.43. The van der Waals surface area contributed by atoms with Crippen molar-refractivity contribution in [2.45, 2.75) is 41.5 Å². The number of rotatable bonds is 3. The summed E-state index contributed by atoms with van der Waals surface area (Å²) < 4.78 is 1.97. The van der Waals surface area contributed by atoms with Gasteiger partial charge in [-0.05, 0) is 88.1 Å². The van der Waals surface area contributed by atoms with Gasteiger partial charge in [0.1, 0.15) is 16.6 Å². The van der Waals surface area contributed by atoms with Crippen molar-refractivity contribution in [1.82, 2.24) is 9.88 Å². The van der Waals surface area contributed by atoms with Crippen LogP contribution in [0, 0.1) is 52.9 Å². The first-order valence-electron chi connectivity index (χ1n) is 10.7. The van der Waals surface area contributed by atoms with Crippen LogP contribution in [0.4, 0.5) is 10.5 Å². The number of nitrogens with one attached hydrogen (secondary N) is 1. The van der Waals surface area contributed by atoms with E-state index in [1.54, 1.807) is 12.1 Å². The van der Waals surface area contributed by atoms with Gasteiger partial charge in [0.2, 0.25) is 0 Å². The molecule has 1 aromatic carbocycles. The number of carbonyl (C=O) groups excluding carboxylic acids is 3. The minimum Gasteiger partial charge on any atom is -0.308 e. The molecule has 0 spiro atoms. The maximum atomic E-state index is 13.3. The van der Waals surface area contributed by atoms with Crippen LogP contribution in [0.2, 0.25) is 0 Å². The molecule has 1 fully saturated rings. The zero-order valence-corrected chi connectivity index (χ0v) is 20.7. The van der Waals surface area contributed by atoms with Gasteiger partial charge in [0.15, 0.2) is 0 Å². The number of benzene rings is 1. The Morgan fingerprint density at radius 2 is 1.62 bits per heavy atom. The molecule has 0 unspecified atom stereocenters. The van der Waals surface area contributed by atoms with Crippen molar-refractivity contribution in [2.24, 2.45) is 0 Å². The molecule has 1 N–H and O–H groups in total. The summed E-state index contributed by atoms with van der Waals surface area (Å²) in [4.78, 5) is 40.6. The van der Waals surface area contributed by atoms with Gasteiger partial charge in [-0.1, -0.05) is 6.07 Å². The maximum Gasteiger partial charge on any atom is 0.335 e. The van der Waals surface area contributed by atoms with Crippen LogP contribution in [0.15, 0.2) is 29.8 Å². The number of nitriles is 1. The third-order valence-corrected chi connectivity index (χ3v) is 7.21. The number of thiophene rings is 1. The first-order chi connectivity index (χ1) is 16.0. The summed E-state index contributed by atoms with van der Waals surface area (Å²) in [6.07, 6.45) is 1.51. The van der Waals surface area contributed by atoms with E-state index in [2.05, 4.69) is 11.4 Å². The highest BCUT2D eigenvalue weighted by Gasteiger charge is 2.37. The largest absolute Gasteiger partial charge is 0.335 e. The summed E-state index contributed by atoms with van der Waals surface area (Å²) in [6, 6.07) is 8.79.